The smallest absolute Gasteiger partial charge is 0.223 e. The molecule has 0 radical (unpaired) electrons. The van der Waals surface area contributed by atoms with E-state index >= 15 is 0 Å². The van der Waals surface area contributed by atoms with E-state index in [-0.39, 0.29) is 0 Å². The topological polar surface area (TPSA) is 50.7 Å². The molecular weight excluding hydrogens is 312 g/mol. The van der Waals surface area contributed by atoms with E-state index in [0.717, 1.165) is 27.5 Å². The number of halogens is 1. The van der Waals surface area contributed by atoms with E-state index in [2.05, 4.69) is 43.1 Å². The number of rotatable bonds is 5. The normalized spacial score (nSPS) is 10.3. The van der Waals surface area contributed by atoms with Crippen LogP contribution in [-0.2, 0) is 0 Å². The largest absolute Gasteiger partial charge is 0.354 e. The first kappa shape index (κ1) is 13.3. The number of pyridine rings is 1. The van der Waals surface area contributed by atoms with Gasteiger partial charge in [-0.2, -0.15) is 0 Å². The van der Waals surface area contributed by atoms with Gasteiger partial charge in [-0.3, -0.25) is 0 Å². The second kappa shape index (κ2) is 6.70. The molecule has 1 N–H and O–H groups in total. The first-order chi connectivity index (χ1) is 8.79. The molecule has 0 bridgehead atoms. The maximum absolute atomic E-state index is 4.46. The Bertz CT molecular complexity index is 507. The van der Waals surface area contributed by atoms with E-state index < -0.39 is 0 Å². The van der Waals surface area contributed by atoms with Crippen LogP contribution < -0.4 is 5.32 Å². The van der Waals surface area contributed by atoms with Gasteiger partial charge in [-0.25, -0.2) is 15.0 Å². The Morgan fingerprint density at radius 3 is 2.94 bits per heavy atom. The number of hydrogen-bond donors (Lipinski definition) is 1. The Balaban J connectivity index is 2.16. The average Bonchev–Trinajstić information content (AvgIpc) is 2.41. The van der Waals surface area contributed by atoms with Gasteiger partial charge in [-0.1, -0.05) is 13.0 Å². The number of anilines is 1. The second-order valence-electron chi connectivity index (χ2n) is 3.54. The zero-order chi connectivity index (χ0) is 12.8. The van der Waals surface area contributed by atoms with Crippen LogP contribution >= 0.6 is 27.7 Å². The van der Waals surface area contributed by atoms with Crippen molar-refractivity contribution >= 4 is 33.6 Å². The molecule has 2 aromatic rings. The first-order valence-electron chi connectivity index (χ1n) is 5.65. The maximum atomic E-state index is 4.46. The summed E-state index contributed by atoms with van der Waals surface area (Å²) in [5.41, 5.74) is 0. The fourth-order valence-electron chi connectivity index (χ4n) is 1.25. The molecule has 0 unspecified atom stereocenters. The lowest BCUT2D eigenvalue weighted by atomic mass is 10.5. The lowest BCUT2D eigenvalue weighted by Gasteiger charge is -2.06. The molecule has 0 fully saturated rings. The highest BCUT2D eigenvalue weighted by Gasteiger charge is 2.07. The van der Waals surface area contributed by atoms with Gasteiger partial charge in [-0.05, 0) is 46.2 Å². The van der Waals surface area contributed by atoms with Crippen LogP contribution in [0.5, 0.6) is 0 Å². The molecule has 18 heavy (non-hydrogen) atoms. The van der Waals surface area contributed by atoms with Crippen molar-refractivity contribution in [3.8, 4) is 0 Å². The van der Waals surface area contributed by atoms with E-state index in [9.17, 15) is 0 Å². The van der Waals surface area contributed by atoms with Gasteiger partial charge in [0.2, 0.25) is 5.95 Å². The molecule has 0 saturated carbocycles. The standard InChI is InChI=1S/C12H13BrN4S/c1-2-6-15-12-16-8-9(13)11(17-12)18-10-5-3-4-7-14-10/h3-5,7-8H,2,6H2,1H3,(H,15,16,17). The van der Waals surface area contributed by atoms with E-state index in [0.29, 0.717) is 5.95 Å². The van der Waals surface area contributed by atoms with Gasteiger partial charge < -0.3 is 5.32 Å². The molecule has 0 amide bonds. The van der Waals surface area contributed by atoms with Crippen LogP contribution in [0.25, 0.3) is 0 Å². The minimum atomic E-state index is 0.651. The molecule has 0 aliphatic heterocycles. The predicted octanol–water partition coefficient (Wildman–Crippen LogP) is 3.61. The Morgan fingerprint density at radius 2 is 2.22 bits per heavy atom. The van der Waals surface area contributed by atoms with Crippen LogP contribution in [0, 0.1) is 0 Å². The van der Waals surface area contributed by atoms with Crippen LogP contribution in [0.15, 0.2) is 45.1 Å². The highest BCUT2D eigenvalue weighted by atomic mass is 79.9. The summed E-state index contributed by atoms with van der Waals surface area (Å²) in [4.78, 5) is 12.9. The molecule has 4 nitrogen and oxygen atoms in total. The third-order valence-corrected chi connectivity index (χ3v) is 3.88. The van der Waals surface area contributed by atoms with Crippen molar-refractivity contribution in [3.63, 3.8) is 0 Å². The van der Waals surface area contributed by atoms with Crippen LogP contribution in [0.1, 0.15) is 13.3 Å². The van der Waals surface area contributed by atoms with Crippen LogP contribution in [0.4, 0.5) is 5.95 Å². The SMILES string of the molecule is CCCNc1ncc(Br)c(Sc2ccccn2)n1. The molecule has 94 valence electrons. The monoisotopic (exact) mass is 324 g/mol. The molecule has 0 aliphatic carbocycles. The molecule has 2 rings (SSSR count). The average molecular weight is 325 g/mol. The Morgan fingerprint density at radius 1 is 1.33 bits per heavy atom. The van der Waals surface area contributed by atoms with Crippen molar-refractivity contribution < 1.29 is 0 Å². The third-order valence-electron chi connectivity index (χ3n) is 2.08. The maximum Gasteiger partial charge on any atom is 0.223 e. The number of nitrogens with one attached hydrogen (secondary N) is 1. The molecule has 0 atom stereocenters. The van der Waals surface area contributed by atoms with Crippen LogP contribution in [0.2, 0.25) is 0 Å². The summed E-state index contributed by atoms with van der Waals surface area (Å²) in [6, 6.07) is 5.81. The summed E-state index contributed by atoms with van der Waals surface area (Å²) in [6.45, 7) is 2.98. The number of nitrogens with zero attached hydrogens (tertiary/aromatic N) is 3. The quantitative estimate of drug-likeness (QED) is 0.851. The van der Waals surface area contributed by atoms with Crippen molar-refractivity contribution in [2.24, 2.45) is 0 Å². The van der Waals surface area contributed by atoms with Crippen LogP contribution in [0.3, 0.4) is 0 Å². The predicted molar refractivity (Wildman–Crippen MR) is 76.9 cm³/mol. The van der Waals surface area contributed by atoms with Crippen LogP contribution in [-0.4, -0.2) is 21.5 Å². The van der Waals surface area contributed by atoms with E-state index in [1.807, 2.05) is 18.2 Å². The highest BCUT2D eigenvalue weighted by Crippen LogP contribution is 2.30. The van der Waals surface area contributed by atoms with Gasteiger partial charge in [0, 0.05) is 18.9 Å². The zero-order valence-electron chi connectivity index (χ0n) is 9.93. The Kier molecular flexibility index (Phi) is 4.95. The third kappa shape index (κ3) is 3.68. The Labute approximate surface area is 119 Å². The van der Waals surface area contributed by atoms with Gasteiger partial charge in [0.15, 0.2) is 0 Å². The van der Waals surface area contributed by atoms with Gasteiger partial charge in [0.05, 0.1) is 4.47 Å². The van der Waals surface area contributed by atoms with E-state index in [1.165, 1.54) is 11.8 Å². The second-order valence-corrected chi connectivity index (χ2v) is 5.41. The van der Waals surface area contributed by atoms with E-state index in [1.54, 1.807) is 12.4 Å². The Hall–Kier alpha value is -1.14. The summed E-state index contributed by atoms with van der Waals surface area (Å²) >= 11 is 4.97. The summed E-state index contributed by atoms with van der Waals surface area (Å²) in [5.74, 6) is 0.651. The minimum Gasteiger partial charge on any atom is -0.354 e. The van der Waals surface area contributed by atoms with Crippen molar-refractivity contribution in [3.05, 3.63) is 35.1 Å². The molecule has 0 aliphatic rings. The molecule has 6 heteroatoms. The van der Waals surface area contributed by atoms with Gasteiger partial charge in [0.25, 0.3) is 0 Å². The molecule has 0 aromatic carbocycles. The zero-order valence-corrected chi connectivity index (χ0v) is 12.3. The molecule has 0 saturated heterocycles. The summed E-state index contributed by atoms with van der Waals surface area (Å²) in [7, 11) is 0. The van der Waals surface area contributed by atoms with Crippen molar-refractivity contribution in [2.75, 3.05) is 11.9 Å². The lowest BCUT2D eigenvalue weighted by Crippen LogP contribution is -2.04. The number of hydrogen-bond acceptors (Lipinski definition) is 5. The fraction of sp³-hybridized carbons (Fsp3) is 0.250. The van der Waals surface area contributed by atoms with Crippen molar-refractivity contribution in [1.29, 1.82) is 0 Å². The summed E-state index contributed by atoms with van der Waals surface area (Å²) in [5, 5.41) is 4.95. The van der Waals surface area contributed by atoms with Gasteiger partial charge in [-0.15, -0.1) is 0 Å². The van der Waals surface area contributed by atoms with Crippen molar-refractivity contribution in [1.82, 2.24) is 15.0 Å². The molecule has 0 spiro atoms. The summed E-state index contributed by atoms with van der Waals surface area (Å²) < 4.78 is 0.875. The van der Waals surface area contributed by atoms with Gasteiger partial charge >= 0.3 is 0 Å². The fourth-order valence-corrected chi connectivity index (χ4v) is 2.43. The molecular formula is C12H13BrN4S. The molecule has 2 heterocycles. The van der Waals surface area contributed by atoms with Gasteiger partial charge in [0.1, 0.15) is 10.1 Å². The summed E-state index contributed by atoms with van der Waals surface area (Å²) in [6.07, 6.45) is 4.58. The minimum absolute atomic E-state index is 0.651. The first-order valence-corrected chi connectivity index (χ1v) is 7.26. The van der Waals surface area contributed by atoms with E-state index in [4.69, 9.17) is 0 Å². The highest BCUT2D eigenvalue weighted by molar-refractivity contribution is 9.10. The number of aromatic nitrogens is 3. The lowest BCUT2D eigenvalue weighted by molar-refractivity contribution is 0.929. The van der Waals surface area contributed by atoms with Crippen molar-refractivity contribution in [2.45, 2.75) is 23.4 Å². The molecule has 2 aromatic heterocycles.